The quantitative estimate of drug-likeness (QED) is 0.638. The van der Waals surface area contributed by atoms with Gasteiger partial charge < -0.3 is 10.3 Å². The minimum Gasteiger partial charge on any atom is -0.361 e. The van der Waals surface area contributed by atoms with Crippen LogP contribution in [0, 0.1) is 0 Å². The topological polar surface area (TPSA) is 56.5 Å². The van der Waals surface area contributed by atoms with E-state index in [1.807, 2.05) is 18.5 Å². The lowest BCUT2D eigenvalue weighted by molar-refractivity contribution is 0.697. The summed E-state index contributed by atoms with van der Waals surface area (Å²) >= 11 is 0. The number of rotatable bonds is 4. The van der Waals surface area contributed by atoms with E-state index in [1.54, 1.807) is 0 Å². The Morgan fingerprint density at radius 3 is 2.94 bits per heavy atom. The van der Waals surface area contributed by atoms with Gasteiger partial charge in [-0.1, -0.05) is 18.2 Å². The predicted molar refractivity (Wildman–Crippen MR) is 67.4 cm³/mol. The molecule has 0 saturated carbocycles. The number of H-pyrrole nitrogens is 2. The van der Waals surface area contributed by atoms with Crippen LogP contribution in [0.15, 0.2) is 42.9 Å². The third-order valence-electron chi connectivity index (χ3n) is 2.87. The monoisotopic (exact) mass is 226 g/mol. The second kappa shape index (κ2) is 4.43. The van der Waals surface area contributed by atoms with Crippen LogP contribution in [0.4, 0.5) is 0 Å². The van der Waals surface area contributed by atoms with Crippen LogP contribution in [0.1, 0.15) is 11.1 Å². The van der Waals surface area contributed by atoms with E-state index in [2.05, 4.69) is 44.9 Å². The van der Waals surface area contributed by atoms with Gasteiger partial charge in [0.2, 0.25) is 0 Å². The van der Waals surface area contributed by atoms with Crippen LogP contribution in [0.25, 0.3) is 10.9 Å². The molecule has 0 aliphatic heterocycles. The Hall–Kier alpha value is -2.07. The third-order valence-corrected chi connectivity index (χ3v) is 2.87. The third kappa shape index (κ3) is 2.07. The summed E-state index contributed by atoms with van der Waals surface area (Å²) < 4.78 is 0. The van der Waals surface area contributed by atoms with Crippen molar-refractivity contribution in [2.45, 2.75) is 13.1 Å². The lowest BCUT2D eigenvalue weighted by atomic mass is 10.2. The lowest BCUT2D eigenvalue weighted by Crippen LogP contribution is -2.11. The van der Waals surface area contributed by atoms with Crippen LogP contribution in [0.5, 0.6) is 0 Å². The first-order chi connectivity index (χ1) is 8.43. The standard InChI is InChI=1S/C13H14N4/c1-2-4-13-12(3-1)11(9-15-13)8-14-5-10-6-16-17-7-10/h1-4,6-7,9,14-15H,5,8H2,(H,16,17). The highest BCUT2D eigenvalue weighted by Gasteiger charge is 2.02. The van der Waals surface area contributed by atoms with Crippen molar-refractivity contribution < 1.29 is 0 Å². The van der Waals surface area contributed by atoms with Gasteiger partial charge in [-0.3, -0.25) is 5.10 Å². The molecule has 1 aromatic carbocycles. The number of benzene rings is 1. The maximum Gasteiger partial charge on any atom is 0.0532 e. The summed E-state index contributed by atoms with van der Waals surface area (Å²) in [7, 11) is 0. The van der Waals surface area contributed by atoms with E-state index in [9.17, 15) is 0 Å². The Balaban J connectivity index is 1.69. The minimum absolute atomic E-state index is 0.829. The first-order valence-electron chi connectivity index (χ1n) is 5.67. The molecule has 0 aliphatic carbocycles. The minimum atomic E-state index is 0.829. The summed E-state index contributed by atoms with van der Waals surface area (Å²) in [5, 5.41) is 11.4. The van der Waals surface area contributed by atoms with Crippen molar-refractivity contribution in [1.29, 1.82) is 0 Å². The molecule has 0 amide bonds. The molecule has 3 aromatic rings. The number of hydrogen-bond acceptors (Lipinski definition) is 2. The molecule has 3 rings (SSSR count). The lowest BCUT2D eigenvalue weighted by Gasteiger charge is -2.01. The zero-order valence-corrected chi connectivity index (χ0v) is 9.40. The van der Waals surface area contributed by atoms with Gasteiger partial charge in [-0.25, -0.2) is 0 Å². The zero-order valence-electron chi connectivity index (χ0n) is 9.40. The van der Waals surface area contributed by atoms with Crippen LogP contribution in [0.3, 0.4) is 0 Å². The summed E-state index contributed by atoms with van der Waals surface area (Å²) in [6.07, 6.45) is 5.80. The Morgan fingerprint density at radius 1 is 1.12 bits per heavy atom. The number of aromatic amines is 2. The van der Waals surface area contributed by atoms with Crippen LogP contribution in [-0.2, 0) is 13.1 Å². The molecule has 0 aliphatic rings. The van der Waals surface area contributed by atoms with E-state index in [4.69, 9.17) is 0 Å². The van der Waals surface area contributed by atoms with Gasteiger partial charge in [0.05, 0.1) is 6.20 Å². The number of fused-ring (bicyclic) bond motifs is 1. The van der Waals surface area contributed by atoms with Crippen molar-refractivity contribution in [3.05, 3.63) is 54.0 Å². The molecular weight excluding hydrogens is 212 g/mol. The maximum atomic E-state index is 3.92. The molecule has 0 saturated heterocycles. The van der Waals surface area contributed by atoms with Gasteiger partial charge in [-0.05, 0) is 11.6 Å². The fourth-order valence-electron chi connectivity index (χ4n) is 1.99. The summed E-state index contributed by atoms with van der Waals surface area (Å²) in [4.78, 5) is 3.27. The van der Waals surface area contributed by atoms with E-state index in [0.717, 1.165) is 13.1 Å². The Bertz CT molecular complexity index is 595. The summed E-state index contributed by atoms with van der Waals surface area (Å²) in [6, 6.07) is 8.34. The van der Waals surface area contributed by atoms with Crippen molar-refractivity contribution in [2.24, 2.45) is 0 Å². The van der Waals surface area contributed by atoms with Gasteiger partial charge in [0, 0.05) is 41.9 Å². The Kier molecular flexibility index (Phi) is 2.63. The second-order valence-electron chi connectivity index (χ2n) is 4.07. The SMILES string of the molecule is c1ccc2c(CNCc3cn[nH]c3)c[nH]c2c1. The molecule has 2 heterocycles. The number of aromatic nitrogens is 3. The highest BCUT2D eigenvalue weighted by molar-refractivity contribution is 5.82. The number of hydrogen-bond donors (Lipinski definition) is 3. The number of para-hydroxylation sites is 1. The van der Waals surface area contributed by atoms with Gasteiger partial charge in [-0.2, -0.15) is 5.10 Å². The fourth-order valence-corrected chi connectivity index (χ4v) is 1.99. The maximum absolute atomic E-state index is 3.92. The molecule has 17 heavy (non-hydrogen) atoms. The Labute approximate surface area is 99.1 Å². The molecule has 2 aromatic heterocycles. The molecule has 0 radical (unpaired) electrons. The highest BCUT2D eigenvalue weighted by Crippen LogP contribution is 2.17. The summed E-state index contributed by atoms with van der Waals surface area (Å²) in [5.74, 6) is 0. The van der Waals surface area contributed by atoms with Crippen molar-refractivity contribution in [2.75, 3.05) is 0 Å². The van der Waals surface area contributed by atoms with Crippen LogP contribution in [-0.4, -0.2) is 15.2 Å². The van der Waals surface area contributed by atoms with Gasteiger partial charge in [-0.15, -0.1) is 0 Å². The highest BCUT2D eigenvalue weighted by atomic mass is 15.1. The molecule has 0 bridgehead atoms. The van der Waals surface area contributed by atoms with E-state index in [1.165, 1.54) is 22.0 Å². The van der Waals surface area contributed by atoms with Crippen molar-refractivity contribution in [1.82, 2.24) is 20.5 Å². The first-order valence-corrected chi connectivity index (χ1v) is 5.67. The summed E-state index contributed by atoms with van der Waals surface area (Å²) in [5.41, 5.74) is 3.65. The van der Waals surface area contributed by atoms with Gasteiger partial charge >= 0.3 is 0 Å². The number of nitrogens with zero attached hydrogens (tertiary/aromatic N) is 1. The normalized spacial score (nSPS) is 11.1. The van der Waals surface area contributed by atoms with E-state index < -0.39 is 0 Å². The van der Waals surface area contributed by atoms with Gasteiger partial charge in [0.1, 0.15) is 0 Å². The number of nitrogens with one attached hydrogen (secondary N) is 3. The first kappa shape index (κ1) is 10.1. The Morgan fingerprint density at radius 2 is 2.06 bits per heavy atom. The van der Waals surface area contributed by atoms with Gasteiger partial charge in [0.15, 0.2) is 0 Å². The molecule has 86 valence electrons. The van der Waals surface area contributed by atoms with Crippen molar-refractivity contribution >= 4 is 10.9 Å². The largest absolute Gasteiger partial charge is 0.361 e. The molecule has 0 atom stereocenters. The summed E-state index contributed by atoms with van der Waals surface area (Å²) in [6.45, 7) is 1.69. The van der Waals surface area contributed by atoms with E-state index in [0.29, 0.717) is 0 Å². The van der Waals surface area contributed by atoms with Gasteiger partial charge in [0.25, 0.3) is 0 Å². The van der Waals surface area contributed by atoms with E-state index in [-0.39, 0.29) is 0 Å². The predicted octanol–water partition coefficient (Wildman–Crippen LogP) is 2.18. The molecule has 4 nitrogen and oxygen atoms in total. The molecule has 0 fully saturated rings. The molecule has 4 heteroatoms. The smallest absolute Gasteiger partial charge is 0.0532 e. The molecule has 3 N–H and O–H groups in total. The van der Waals surface area contributed by atoms with Crippen LogP contribution < -0.4 is 5.32 Å². The average molecular weight is 226 g/mol. The van der Waals surface area contributed by atoms with Crippen molar-refractivity contribution in [3.63, 3.8) is 0 Å². The molecule has 0 spiro atoms. The molecule has 0 unspecified atom stereocenters. The van der Waals surface area contributed by atoms with Crippen LogP contribution in [0.2, 0.25) is 0 Å². The van der Waals surface area contributed by atoms with Crippen LogP contribution >= 0.6 is 0 Å². The average Bonchev–Trinajstić information content (AvgIpc) is 2.99. The molecular formula is C13H14N4. The van der Waals surface area contributed by atoms with E-state index >= 15 is 0 Å². The van der Waals surface area contributed by atoms with Crippen molar-refractivity contribution in [3.8, 4) is 0 Å². The second-order valence-corrected chi connectivity index (χ2v) is 4.07. The fraction of sp³-hybridized carbons (Fsp3) is 0.154. The zero-order chi connectivity index (χ0) is 11.5.